The molecule has 180 valence electrons. The van der Waals surface area contributed by atoms with Gasteiger partial charge in [-0.15, -0.1) is 0 Å². The van der Waals surface area contributed by atoms with Crippen LogP contribution < -0.4 is 10.9 Å². The summed E-state index contributed by atoms with van der Waals surface area (Å²) in [6, 6.07) is 14.5. The molecule has 0 atom stereocenters. The van der Waals surface area contributed by atoms with E-state index in [0.29, 0.717) is 22.2 Å². The molecular weight excluding hydrogens is 464 g/mol. The van der Waals surface area contributed by atoms with Crippen molar-refractivity contribution in [1.82, 2.24) is 20.0 Å². The van der Waals surface area contributed by atoms with Gasteiger partial charge < -0.3 is 5.32 Å². The number of carbonyl (C=O) groups is 3. The molecule has 4 rings (SSSR count). The van der Waals surface area contributed by atoms with E-state index < -0.39 is 5.91 Å². The number of hydrogen-bond acceptors (Lipinski definition) is 6. The molecule has 1 aliphatic heterocycles. The fourth-order valence-corrected chi connectivity index (χ4v) is 4.61. The maximum Gasteiger partial charge on any atom is 0.293 e. The van der Waals surface area contributed by atoms with Gasteiger partial charge in [-0.1, -0.05) is 61.9 Å². The standard InChI is InChI=1S/C26H26N4O4S/c1-16(2)15-30-24(32)20-7-5-4-6-19(20)22(28-30)23(31)27-12-13-29-25(33)21(35-26(29)34)14-18-10-8-17(3)9-11-18/h4-11,14,16H,12-13,15H2,1-3H3,(H,27,31)/b21-14+. The lowest BCUT2D eigenvalue weighted by Gasteiger charge is -2.14. The lowest BCUT2D eigenvalue weighted by molar-refractivity contribution is -0.122. The minimum absolute atomic E-state index is 0.0329. The minimum Gasteiger partial charge on any atom is -0.349 e. The molecule has 1 aliphatic rings. The zero-order valence-corrected chi connectivity index (χ0v) is 20.6. The predicted molar refractivity (Wildman–Crippen MR) is 137 cm³/mol. The number of rotatable bonds is 7. The first-order chi connectivity index (χ1) is 16.7. The first kappa shape index (κ1) is 24.4. The smallest absolute Gasteiger partial charge is 0.293 e. The Kier molecular flexibility index (Phi) is 7.16. The minimum atomic E-state index is -0.471. The SMILES string of the molecule is Cc1ccc(/C=C2/SC(=O)N(CCNC(=O)c3nn(CC(C)C)c(=O)c4ccccc34)C2=O)cc1. The van der Waals surface area contributed by atoms with Gasteiger partial charge in [0.05, 0.1) is 10.3 Å². The Morgan fingerprint density at radius 3 is 2.43 bits per heavy atom. The molecule has 1 aromatic heterocycles. The Hall–Kier alpha value is -3.72. The number of thioether (sulfide) groups is 1. The average molecular weight is 491 g/mol. The van der Waals surface area contributed by atoms with Gasteiger partial charge in [0.1, 0.15) is 0 Å². The Bertz CT molecular complexity index is 1390. The van der Waals surface area contributed by atoms with Crippen LogP contribution in [0.15, 0.2) is 58.2 Å². The number of nitrogens with one attached hydrogen (secondary N) is 1. The van der Waals surface area contributed by atoms with Gasteiger partial charge in [-0.05, 0) is 42.3 Å². The van der Waals surface area contributed by atoms with Crippen molar-refractivity contribution in [2.24, 2.45) is 5.92 Å². The molecule has 8 nitrogen and oxygen atoms in total. The van der Waals surface area contributed by atoms with Crippen LogP contribution in [0.25, 0.3) is 16.8 Å². The number of aromatic nitrogens is 2. The summed E-state index contributed by atoms with van der Waals surface area (Å²) < 4.78 is 1.31. The number of aryl methyl sites for hydroxylation is 1. The van der Waals surface area contributed by atoms with Crippen LogP contribution in [0.4, 0.5) is 4.79 Å². The molecule has 0 spiro atoms. The number of carbonyl (C=O) groups excluding carboxylic acids is 3. The lowest BCUT2D eigenvalue weighted by atomic mass is 10.1. The Morgan fingerprint density at radius 1 is 1.06 bits per heavy atom. The maximum absolute atomic E-state index is 13.0. The van der Waals surface area contributed by atoms with Crippen LogP contribution in [0.3, 0.4) is 0 Å². The van der Waals surface area contributed by atoms with Crippen molar-refractivity contribution in [2.45, 2.75) is 27.3 Å². The largest absolute Gasteiger partial charge is 0.349 e. The molecule has 1 saturated heterocycles. The highest BCUT2D eigenvalue weighted by Gasteiger charge is 2.34. The van der Waals surface area contributed by atoms with Crippen LogP contribution in [0.2, 0.25) is 0 Å². The quantitative estimate of drug-likeness (QED) is 0.505. The summed E-state index contributed by atoms with van der Waals surface area (Å²) in [5.74, 6) is -0.686. The van der Waals surface area contributed by atoms with Gasteiger partial charge in [0.2, 0.25) is 0 Å². The van der Waals surface area contributed by atoms with E-state index in [1.807, 2.05) is 45.0 Å². The van der Waals surface area contributed by atoms with E-state index in [1.165, 1.54) is 4.68 Å². The number of hydrogen-bond donors (Lipinski definition) is 1. The highest BCUT2D eigenvalue weighted by Crippen LogP contribution is 2.31. The summed E-state index contributed by atoms with van der Waals surface area (Å²) in [4.78, 5) is 52.4. The zero-order valence-electron chi connectivity index (χ0n) is 19.8. The van der Waals surface area contributed by atoms with Crippen LogP contribution >= 0.6 is 11.8 Å². The van der Waals surface area contributed by atoms with Crippen molar-refractivity contribution >= 4 is 45.7 Å². The van der Waals surface area contributed by atoms with Gasteiger partial charge in [-0.25, -0.2) is 4.68 Å². The lowest BCUT2D eigenvalue weighted by Crippen LogP contribution is -2.38. The molecule has 0 saturated carbocycles. The molecule has 2 aromatic carbocycles. The van der Waals surface area contributed by atoms with Crippen LogP contribution in [0.5, 0.6) is 0 Å². The monoisotopic (exact) mass is 490 g/mol. The Labute approximate surface area is 207 Å². The molecule has 1 fully saturated rings. The third kappa shape index (κ3) is 5.35. The van der Waals surface area contributed by atoms with Crippen molar-refractivity contribution in [3.63, 3.8) is 0 Å². The third-order valence-corrected chi connectivity index (χ3v) is 6.40. The Balaban J connectivity index is 1.47. The zero-order chi connectivity index (χ0) is 25.1. The van der Waals surface area contributed by atoms with E-state index >= 15 is 0 Å². The van der Waals surface area contributed by atoms with Crippen molar-refractivity contribution in [2.75, 3.05) is 13.1 Å². The van der Waals surface area contributed by atoms with E-state index in [9.17, 15) is 19.2 Å². The van der Waals surface area contributed by atoms with Crippen LogP contribution in [-0.4, -0.2) is 44.8 Å². The summed E-state index contributed by atoms with van der Waals surface area (Å²) in [5.41, 5.74) is 1.83. The summed E-state index contributed by atoms with van der Waals surface area (Å²) in [7, 11) is 0. The molecule has 0 radical (unpaired) electrons. The van der Waals surface area contributed by atoms with Crippen molar-refractivity contribution in [1.29, 1.82) is 0 Å². The molecule has 0 aliphatic carbocycles. The number of amides is 3. The second kappa shape index (κ2) is 10.3. The van der Waals surface area contributed by atoms with Crippen molar-refractivity contribution in [3.05, 3.63) is 80.6 Å². The van der Waals surface area contributed by atoms with Gasteiger partial charge in [0.15, 0.2) is 5.69 Å². The molecule has 0 unspecified atom stereocenters. The number of benzene rings is 2. The molecule has 9 heteroatoms. The molecule has 35 heavy (non-hydrogen) atoms. The highest BCUT2D eigenvalue weighted by molar-refractivity contribution is 8.18. The molecule has 3 amide bonds. The van der Waals surface area contributed by atoms with Crippen molar-refractivity contribution in [3.8, 4) is 0 Å². The normalized spacial score (nSPS) is 15.0. The second-order valence-corrected chi connectivity index (χ2v) is 9.77. The topological polar surface area (TPSA) is 101 Å². The van der Waals surface area contributed by atoms with Gasteiger partial charge >= 0.3 is 0 Å². The van der Waals surface area contributed by atoms with Crippen LogP contribution in [0.1, 0.15) is 35.5 Å². The third-order valence-electron chi connectivity index (χ3n) is 5.49. The average Bonchev–Trinajstić information content (AvgIpc) is 3.09. The summed E-state index contributed by atoms with van der Waals surface area (Å²) >= 11 is 0.883. The maximum atomic E-state index is 13.0. The fraction of sp³-hybridized carbons (Fsp3) is 0.269. The summed E-state index contributed by atoms with van der Waals surface area (Å²) in [5, 5.41) is 7.55. The molecule has 2 heterocycles. The summed E-state index contributed by atoms with van der Waals surface area (Å²) in [6.07, 6.45) is 1.69. The summed E-state index contributed by atoms with van der Waals surface area (Å²) in [6.45, 7) is 6.38. The van der Waals surface area contributed by atoms with Crippen molar-refractivity contribution < 1.29 is 14.4 Å². The van der Waals surface area contributed by atoms with Gasteiger partial charge in [0.25, 0.3) is 22.6 Å². The molecular formula is C26H26N4O4S. The van der Waals surface area contributed by atoms with Gasteiger partial charge in [0, 0.05) is 25.0 Å². The Morgan fingerprint density at radius 2 is 1.74 bits per heavy atom. The molecule has 0 bridgehead atoms. The van der Waals surface area contributed by atoms with E-state index in [0.717, 1.165) is 27.8 Å². The number of fused-ring (bicyclic) bond motifs is 1. The highest BCUT2D eigenvalue weighted by atomic mass is 32.2. The van der Waals surface area contributed by atoms with Gasteiger partial charge in [-0.2, -0.15) is 5.10 Å². The first-order valence-corrected chi connectivity index (χ1v) is 12.2. The molecule has 1 N–H and O–H groups in total. The van der Waals surface area contributed by atoms with E-state index in [1.54, 1.807) is 30.3 Å². The fourth-order valence-electron chi connectivity index (χ4n) is 3.74. The second-order valence-electron chi connectivity index (χ2n) is 8.78. The van der Waals surface area contributed by atoms with E-state index in [4.69, 9.17) is 0 Å². The van der Waals surface area contributed by atoms with E-state index in [-0.39, 0.29) is 41.4 Å². The number of imide groups is 1. The van der Waals surface area contributed by atoms with Gasteiger partial charge in [-0.3, -0.25) is 24.1 Å². The first-order valence-electron chi connectivity index (χ1n) is 11.3. The van der Waals surface area contributed by atoms with Crippen LogP contribution in [-0.2, 0) is 11.3 Å². The van der Waals surface area contributed by atoms with Crippen LogP contribution in [0, 0.1) is 12.8 Å². The molecule has 3 aromatic rings. The van der Waals surface area contributed by atoms with E-state index in [2.05, 4.69) is 10.4 Å². The number of nitrogens with zero attached hydrogens (tertiary/aromatic N) is 3. The predicted octanol–water partition coefficient (Wildman–Crippen LogP) is 3.83.